The summed E-state index contributed by atoms with van der Waals surface area (Å²) in [5.74, 6) is 0.728. The average Bonchev–Trinajstić information content (AvgIpc) is 2.75. The number of thiol groups is 1. The molecule has 0 unspecified atom stereocenters. The maximum absolute atomic E-state index is 14.2. The van der Waals surface area contributed by atoms with Gasteiger partial charge in [0.25, 0.3) is 0 Å². The van der Waals surface area contributed by atoms with E-state index in [0.29, 0.717) is 29.6 Å². The zero-order valence-corrected chi connectivity index (χ0v) is 15.3. The second-order valence-corrected chi connectivity index (χ2v) is 9.22. The van der Waals surface area contributed by atoms with Crippen molar-refractivity contribution in [2.75, 3.05) is 0 Å². The molecule has 4 rings (SSSR count). The highest BCUT2D eigenvalue weighted by Crippen LogP contribution is 2.66. The molecule has 24 heavy (non-hydrogen) atoms. The number of ketones is 2. The predicted molar refractivity (Wildman–Crippen MR) is 94.4 cm³/mol. The first kappa shape index (κ1) is 16.6. The van der Waals surface area contributed by atoms with Gasteiger partial charge in [0.05, 0.1) is 4.91 Å². The zero-order chi connectivity index (χ0) is 17.4. The standard InChI is InChI=1S/C20H25FO2S/c1-10-8-11-12(19(2)7-5-15(22)17(24)16(10)19)4-6-20(3)13(11)9-14(21)18(20)23/h11-14,24H,1,4-9H2,2-3H3/t11-,12+,13+,14-,19-,20+/m1/s1. The Morgan fingerprint density at radius 2 is 1.88 bits per heavy atom. The Morgan fingerprint density at radius 1 is 1.17 bits per heavy atom. The van der Waals surface area contributed by atoms with Gasteiger partial charge in [-0.25, -0.2) is 4.39 Å². The lowest BCUT2D eigenvalue weighted by Gasteiger charge is -2.57. The molecule has 130 valence electrons. The van der Waals surface area contributed by atoms with E-state index in [0.717, 1.165) is 36.8 Å². The van der Waals surface area contributed by atoms with Crippen LogP contribution in [0.5, 0.6) is 0 Å². The molecule has 0 saturated heterocycles. The lowest BCUT2D eigenvalue weighted by Crippen LogP contribution is -2.51. The van der Waals surface area contributed by atoms with Crippen LogP contribution in [-0.4, -0.2) is 17.7 Å². The van der Waals surface area contributed by atoms with E-state index in [1.165, 1.54) is 0 Å². The Bertz CT molecular complexity index is 696. The summed E-state index contributed by atoms with van der Waals surface area (Å²) in [5, 5.41) is 0. The molecule has 0 aliphatic heterocycles. The van der Waals surface area contributed by atoms with Gasteiger partial charge < -0.3 is 0 Å². The Labute approximate surface area is 148 Å². The predicted octanol–water partition coefficient (Wildman–Crippen LogP) is 4.46. The number of Topliss-reactive ketones (excluding diaryl/α,β-unsaturated/α-hetero) is 2. The maximum atomic E-state index is 14.2. The first-order valence-electron chi connectivity index (χ1n) is 9.03. The molecule has 0 heterocycles. The van der Waals surface area contributed by atoms with E-state index in [-0.39, 0.29) is 22.9 Å². The summed E-state index contributed by atoms with van der Waals surface area (Å²) in [4.78, 5) is 25.1. The van der Waals surface area contributed by atoms with Crippen LogP contribution in [0, 0.1) is 28.6 Å². The van der Waals surface area contributed by atoms with E-state index in [2.05, 4.69) is 26.1 Å². The van der Waals surface area contributed by atoms with Gasteiger partial charge in [0.1, 0.15) is 0 Å². The molecule has 0 aromatic carbocycles. The Balaban J connectivity index is 1.79. The minimum atomic E-state index is -1.30. The van der Waals surface area contributed by atoms with Crippen LogP contribution in [0.15, 0.2) is 22.6 Å². The van der Waals surface area contributed by atoms with E-state index in [4.69, 9.17) is 0 Å². The van der Waals surface area contributed by atoms with Gasteiger partial charge in [0.15, 0.2) is 17.7 Å². The highest BCUT2D eigenvalue weighted by molar-refractivity contribution is 7.85. The van der Waals surface area contributed by atoms with Crippen molar-refractivity contribution in [3.05, 3.63) is 22.6 Å². The highest BCUT2D eigenvalue weighted by Gasteiger charge is 2.62. The second-order valence-electron chi connectivity index (χ2n) is 8.77. The van der Waals surface area contributed by atoms with Crippen molar-refractivity contribution in [3.8, 4) is 0 Å². The monoisotopic (exact) mass is 348 g/mol. The van der Waals surface area contributed by atoms with Crippen molar-refractivity contribution in [1.29, 1.82) is 0 Å². The van der Waals surface area contributed by atoms with Gasteiger partial charge in [0, 0.05) is 11.8 Å². The fourth-order valence-corrected chi connectivity index (χ4v) is 6.99. The molecule has 0 spiro atoms. The van der Waals surface area contributed by atoms with Gasteiger partial charge in [-0.15, -0.1) is 12.6 Å². The topological polar surface area (TPSA) is 34.1 Å². The Kier molecular flexibility index (Phi) is 3.49. The van der Waals surface area contributed by atoms with E-state index in [1.807, 2.05) is 6.92 Å². The molecular formula is C20H25FO2S. The molecular weight excluding hydrogens is 323 g/mol. The summed E-state index contributed by atoms with van der Waals surface area (Å²) in [6.45, 7) is 8.47. The number of alkyl halides is 1. The third-order valence-corrected chi connectivity index (χ3v) is 8.21. The van der Waals surface area contributed by atoms with Crippen LogP contribution in [0.2, 0.25) is 0 Å². The second kappa shape index (κ2) is 5.06. The van der Waals surface area contributed by atoms with E-state index in [9.17, 15) is 14.0 Å². The smallest absolute Gasteiger partial charge is 0.173 e. The number of rotatable bonds is 0. The van der Waals surface area contributed by atoms with Crippen LogP contribution >= 0.6 is 12.6 Å². The normalized spacial score (nSPS) is 48.2. The van der Waals surface area contributed by atoms with Crippen LogP contribution in [0.1, 0.15) is 52.4 Å². The molecule has 4 heteroatoms. The molecule has 0 amide bonds. The molecule has 0 bridgehead atoms. The Hall–Kier alpha value is -0.900. The fourth-order valence-electron chi connectivity index (χ4n) is 6.47. The van der Waals surface area contributed by atoms with Crippen LogP contribution in [-0.2, 0) is 9.59 Å². The third-order valence-electron chi connectivity index (χ3n) is 7.73. The summed E-state index contributed by atoms with van der Waals surface area (Å²) < 4.78 is 14.2. The highest BCUT2D eigenvalue weighted by atomic mass is 32.1. The number of hydrogen-bond donors (Lipinski definition) is 1. The lowest BCUT2D eigenvalue weighted by atomic mass is 9.46. The van der Waals surface area contributed by atoms with Gasteiger partial charge in [0.2, 0.25) is 0 Å². The maximum Gasteiger partial charge on any atom is 0.173 e. The van der Waals surface area contributed by atoms with Gasteiger partial charge in [-0.2, -0.15) is 0 Å². The summed E-state index contributed by atoms with van der Waals surface area (Å²) in [7, 11) is 0. The van der Waals surface area contributed by atoms with Gasteiger partial charge in [-0.05, 0) is 66.4 Å². The van der Waals surface area contributed by atoms with Crippen molar-refractivity contribution in [1.82, 2.24) is 0 Å². The van der Waals surface area contributed by atoms with Gasteiger partial charge in [-0.3, -0.25) is 9.59 Å². The number of fused-ring (bicyclic) bond motifs is 5. The Morgan fingerprint density at radius 3 is 2.58 bits per heavy atom. The van der Waals surface area contributed by atoms with E-state index < -0.39 is 11.6 Å². The first-order valence-corrected chi connectivity index (χ1v) is 9.48. The average molecular weight is 348 g/mol. The van der Waals surface area contributed by atoms with Crippen LogP contribution in [0.4, 0.5) is 4.39 Å². The summed E-state index contributed by atoms with van der Waals surface area (Å²) in [5.41, 5.74) is 1.42. The molecule has 0 radical (unpaired) electrons. The molecule has 3 fully saturated rings. The lowest BCUT2D eigenvalue weighted by molar-refractivity contribution is -0.134. The van der Waals surface area contributed by atoms with Crippen molar-refractivity contribution < 1.29 is 14.0 Å². The summed E-state index contributed by atoms with van der Waals surface area (Å²) in [6.07, 6.45) is 2.88. The molecule has 4 aliphatic carbocycles. The van der Waals surface area contributed by atoms with E-state index in [1.54, 1.807) is 0 Å². The largest absolute Gasteiger partial charge is 0.296 e. The van der Waals surface area contributed by atoms with E-state index >= 15 is 0 Å². The minimum absolute atomic E-state index is 0.106. The number of allylic oxidation sites excluding steroid dienone is 2. The molecule has 4 aliphatic rings. The quantitative estimate of drug-likeness (QED) is 0.656. The number of hydrogen-bond acceptors (Lipinski definition) is 3. The van der Waals surface area contributed by atoms with Crippen LogP contribution in [0.25, 0.3) is 0 Å². The fraction of sp³-hybridized carbons (Fsp3) is 0.700. The molecule has 3 saturated carbocycles. The third kappa shape index (κ3) is 1.89. The van der Waals surface area contributed by atoms with Crippen molar-refractivity contribution in [2.45, 2.75) is 58.5 Å². The summed E-state index contributed by atoms with van der Waals surface area (Å²) in [6, 6.07) is 0. The number of carbonyl (C=O) groups is 2. The first-order chi connectivity index (χ1) is 11.2. The van der Waals surface area contributed by atoms with Crippen molar-refractivity contribution >= 4 is 24.2 Å². The zero-order valence-electron chi connectivity index (χ0n) is 14.4. The molecule has 2 nitrogen and oxygen atoms in total. The molecule has 0 aromatic rings. The SMILES string of the molecule is C=C1C[C@@H]2[C@H](CC[C@]3(C)C(=O)[C@H](F)C[C@@H]23)[C@@]2(C)CCC(=O)C(S)=C12. The van der Waals surface area contributed by atoms with Gasteiger partial charge >= 0.3 is 0 Å². The van der Waals surface area contributed by atoms with Crippen LogP contribution < -0.4 is 0 Å². The molecule has 0 aromatic heterocycles. The number of carbonyl (C=O) groups excluding carboxylic acids is 2. The molecule has 6 atom stereocenters. The minimum Gasteiger partial charge on any atom is -0.296 e. The van der Waals surface area contributed by atoms with Crippen molar-refractivity contribution in [2.24, 2.45) is 28.6 Å². The number of halogens is 1. The van der Waals surface area contributed by atoms with Gasteiger partial charge in [-0.1, -0.05) is 20.4 Å². The summed E-state index contributed by atoms with van der Waals surface area (Å²) >= 11 is 4.52. The van der Waals surface area contributed by atoms with Crippen LogP contribution in [0.3, 0.4) is 0 Å². The molecule has 0 N–H and O–H groups in total. The van der Waals surface area contributed by atoms with Crippen molar-refractivity contribution in [3.63, 3.8) is 0 Å².